The molecule has 33 heavy (non-hydrogen) atoms. The summed E-state index contributed by atoms with van der Waals surface area (Å²) in [5.41, 5.74) is 4.95. The van der Waals surface area contributed by atoms with E-state index in [0.29, 0.717) is 34.2 Å². The summed E-state index contributed by atoms with van der Waals surface area (Å²) in [4.78, 5) is 11.1. The Labute approximate surface area is 202 Å². The van der Waals surface area contributed by atoms with E-state index in [9.17, 15) is 9.90 Å². The molecular weight excluding hydrogens is 408 g/mol. The van der Waals surface area contributed by atoms with Crippen molar-refractivity contribution in [2.75, 3.05) is 0 Å². The SMILES string of the molecule is C/C(=C/CC[C@@H](C)[C@H]1CC[C@@]2(C)C3=C(CC[C@]12C)[C@@]1(C)CC[C@H](O)C(C)(C)[C@@H]1CC3)C(=O)O. The summed E-state index contributed by atoms with van der Waals surface area (Å²) in [7, 11) is 0. The first-order valence-electron chi connectivity index (χ1n) is 13.6. The molecule has 0 unspecified atom stereocenters. The Morgan fingerprint density at radius 2 is 1.73 bits per heavy atom. The van der Waals surface area contributed by atoms with E-state index >= 15 is 0 Å². The first-order chi connectivity index (χ1) is 15.3. The molecule has 4 rings (SSSR count). The maximum Gasteiger partial charge on any atom is 0.330 e. The molecule has 0 spiro atoms. The zero-order valence-corrected chi connectivity index (χ0v) is 22.3. The number of aliphatic carboxylic acids is 1. The molecule has 0 aromatic heterocycles. The van der Waals surface area contributed by atoms with Gasteiger partial charge in [0.2, 0.25) is 0 Å². The molecule has 3 nitrogen and oxygen atoms in total. The van der Waals surface area contributed by atoms with Crippen molar-refractivity contribution in [3.63, 3.8) is 0 Å². The minimum atomic E-state index is -0.794. The fourth-order valence-electron chi connectivity index (χ4n) is 9.48. The van der Waals surface area contributed by atoms with Crippen LogP contribution in [0, 0.1) is 39.4 Å². The summed E-state index contributed by atoms with van der Waals surface area (Å²) in [5.74, 6) is 1.12. The molecule has 0 saturated heterocycles. The number of carboxylic acid groups (broad SMARTS) is 1. The summed E-state index contributed by atoms with van der Waals surface area (Å²) < 4.78 is 0. The van der Waals surface area contributed by atoms with Crippen LogP contribution in [0.2, 0.25) is 0 Å². The monoisotopic (exact) mass is 456 g/mol. The molecule has 186 valence electrons. The predicted octanol–water partition coefficient (Wildman–Crippen LogP) is 7.54. The number of carboxylic acids is 1. The molecular formula is C30H48O3. The van der Waals surface area contributed by atoms with Crippen LogP contribution in [0.4, 0.5) is 0 Å². The van der Waals surface area contributed by atoms with Crippen molar-refractivity contribution >= 4 is 5.97 Å². The van der Waals surface area contributed by atoms with E-state index in [2.05, 4.69) is 41.5 Å². The van der Waals surface area contributed by atoms with Crippen LogP contribution in [0.1, 0.15) is 113 Å². The molecule has 0 aliphatic heterocycles. The minimum absolute atomic E-state index is 0.00150. The van der Waals surface area contributed by atoms with Crippen molar-refractivity contribution in [3.05, 3.63) is 22.8 Å². The van der Waals surface area contributed by atoms with E-state index in [1.807, 2.05) is 6.08 Å². The largest absolute Gasteiger partial charge is 0.478 e. The lowest BCUT2D eigenvalue weighted by Crippen LogP contribution is -2.55. The highest BCUT2D eigenvalue weighted by atomic mass is 16.4. The normalized spacial score (nSPS) is 43.5. The van der Waals surface area contributed by atoms with E-state index in [0.717, 1.165) is 25.7 Å². The summed E-state index contributed by atoms with van der Waals surface area (Å²) in [6.07, 6.45) is 13.3. The maximum absolute atomic E-state index is 11.1. The highest BCUT2D eigenvalue weighted by Crippen LogP contribution is 2.72. The first kappa shape index (κ1) is 25.0. The minimum Gasteiger partial charge on any atom is -0.478 e. The van der Waals surface area contributed by atoms with Gasteiger partial charge in [0.15, 0.2) is 0 Å². The second-order valence-electron chi connectivity index (χ2n) is 13.5. The van der Waals surface area contributed by atoms with Gasteiger partial charge in [0, 0.05) is 5.57 Å². The van der Waals surface area contributed by atoms with Crippen LogP contribution in [0.25, 0.3) is 0 Å². The van der Waals surface area contributed by atoms with Crippen LogP contribution in [-0.2, 0) is 4.79 Å². The average Bonchev–Trinajstić information content (AvgIpc) is 3.02. The number of hydrogen-bond acceptors (Lipinski definition) is 2. The number of rotatable bonds is 5. The van der Waals surface area contributed by atoms with Crippen LogP contribution >= 0.6 is 0 Å². The lowest BCUT2D eigenvalue weighted by molar-refractivity contribution is -0.132. The molecule has 0 aromatic rings. The highest BCUT2D eigenvalue weighted by Gasteiger charge is 2.63. The van der Waals surface area contributed by atoms with E-state index in [1.54, 1.807) is 18.1 Å². The Morgan fingerprint density at radius 1 is 1.03 bits per heavy atom. The Bertz CT molecular complexity index is 866. The summed E-state index contributed by atoms with van der Waals surface area (Å²) in [5, 5.41) is 20.0. The van der Waals surface area contributed by atoms with Crippen LogP contribution < -0.4 is 0 Å². The van der Waals surface area contributed by atoms with Gasteiger partial charge in [-0.25, -0.2) is 4.79 Å². The average molecular weight is 457 g/mol. The molecule has 0 bridgehead atoms. The van der Waals surface area contributed by atoms with Crippen molar-refractivity contribution < 1.29 is 15.0 Å². The summed E-state index contributed by atoms with van der Waals surface area (Å²) in [6.45, 7) is 16.5. The number of carbonyl (C=O) groups is 1. The second-order valence-corrected chi connectivity index (χ2v) is 13.5. The van der Waals surface area contributed by atoms with Crippen LogP contribution in [-0.4, -0.2) is 22.3 Å². The maximum atomic E-state index is 11.1. The topological polar surface area (TPSA) is 57.5 Å². The quantitative estimate of drug-likeness (QED) is 0.332. The third-order valence-electron chi connectivity index (χ3n) is 11.9. The standard InChI is InChI=1S/C30H48O3/c1-19(9-8-10-20(2)26(32)33)21-13-17-30(7)23-11-12-24-27(3,4)25(31)15-16-28(24,5)22(23)14-18-29(21,30)6/h10,19,21,24-25,31H,8-9,11-18H2,1-7H3,(H,32,33)/b20-10-/t19-,21-,24+,25+,28-,29-,30+/m1/s1. The number of aliphatic hydroxyl groups is 1. The van der Waals surface area contributed by atoms with Crippen molar-refractivity contribution in [3.8, 4) is 0 Å². The van der Waals surface area contributed by atoms with E-state index in [4.69, 9.17) is 5.11 Å². The predicted molar refractivity (Wildman–Crippen MR) is 135 cm³/mol. The Morgan fingerprint density at radius 3 is 2.39 bits per heavy atom. The van der Waals surface area contributed by atoms with Crippen molar-refractivity contribution in [1.29, 1.82) is 0 Å². The van der Waals surface area contributed by atoms with Gasteiger partial charge in [-0.1, -0.05) is 58.8 Å². The molecule has 4 aliphatic rings. The van der Waals surface area contributed by atoms with Gasteiger partial charge in [-0.2, -0.15) is 0 Å². The van der Waals surface area contributed by atoms with Crippen molar-refractivity contribution in [2.24, 2.45) is 39.4 Å². The molecule has 2 fully saturated rings. The lowest BCUT2D eigenvalue weighted by Gasteiger charge is -2.62. The zero-order chi connectivity index (χ0) is 24.4. The van der Waals surface area contributed by atoms with Gasteiger partial charge in [0.1, 0.15) is 0 Å². The number of allylic oxidation sites excluding steroid dienone is 3. The van der Waals surface area contributed by atoms with Gasteiger partial charge in [-0.05, 0) is 111 Å². The molecule has 7 atom stereocenters. The lowest BCUT2D eigenvalue weighted by atomic mass is 9.43. The molecule has 4 aliphatic carbocycles. The van der Waals surface area contributed by atoms with E-state index < -0.39 is 5.97 Å². The van der Waals surface area contributed by atoms with Gasteiger partial charge in [0.05, 0.1) is 6.10 Å². The van der Waals surface area contributed by atoms with Crippen LogP contribution in [0.5, 0.6) is 0 Å². The van der Waals surface area contributed by atoms with Crippen LogP contribution in [0.3, 0.4) is 0 Å². The van der Waals surface area contributed by atoms with E-state index in [1.165, 1.54) is 38.5 Å². The highest BCUT2D eigenvalue weighted by molar-refractivity contribution is 5.85. The third kappa shape index (κ3) is 3.58. The first-order valence-corrected chi connectivity index (χ1v) is 13.6. The zero-order valence-electron chi connectivity index (χ0n) is 22.3. The third-order valence-corrected chi connectivity index (χ3v) is 11.9. The molecule has 0 radical (unpaired) electrons. The van der Waals surface area contributed by atoms with Gasteiger partial charge < -0.3 is 10.2 Å². The molecule has 3 heteroatoms. The Kier molecular flexibility index (Phi) is 6.25. The fourth-order valence-corrected chi connectivity index (χ4v) is 9.48. The summed E-state index contributed by atoms with van der Waals surface area (Å²) in [6, 6.07) is 0. The molecule has 0 aromatic carbocycles. The van der Waals surface area contributed by atoms with Crippen molar-refractivity contribution in [2.45, 2.75) is 119 Å². The molecule has 0 amide bonds. The van der Waals surface area contributed by atoms with Gasteiger partial charge in [-0.15, -0.1) is 0 Å². The fraction of sp³-hybridized carbons (Fsp3) is 0.833. The number of fused-ring (bicyclic) bond motifs is 4. The molecule has 2 saturated carbocycles. The second kappa shape index (κ2) is 8.25. The van der Waals surface area contributed by atoms with Gasteiger partial charge in [0.25, 0.3) is 0 Å². The molecule has 0 heterocycles. The number of aliphatic hydroxyl groups excluding tert-OH is 1. The van der Waals surface area contributed by atoms with Crippen molar-refractivity contribution in [1.82, 2.24) is 0 Å². The van der Waals surface area contributed by atoms with E-state index in [-0.39, 0.29) is 16.9 Å². The Hall–Kier alpha value is -1.09. The summed E-state index contributed by atoms with van der Waals surface area (Å²) >= 11 is 0. The van der Waals surface area contributed by atoms with Gasteiger partial charge in [-0.3, -0.25) is 0 Å². The number of hydrogen-bond donors (Lipinski definition) is 2. The molecule has 2 N–H and O–H groups in total. The van der Waals surface area contributed by atoms with Gasteiger partial charge >= 0.3 is 5.97 Å². The van der Waals surface area contributed by atoms with Crippen LogP contribution in [0.15, 0.2) is 22.8 Å². The smallest absolute Gasteiger partial charge is 0.330 e. The Balaban J connectivity index is 1.60.